The lowest BCUT2D eigenvalue weighted by molar-refractivity contribution is -0.134. The predicted molar refractivity (Wildman–Crippen MR) is 103 cm³/mol. The van der Waals surface area contributed by atoms with Crippen molar-refractivity contribution in [2.45, 2.75) is 32.0 Å². The average molecular weight is 405 g/mol. The summed E-state index contributed by atoms with van der Waals surface area (Å²) in [4.78, 5) is 38.8. The van der Waals surface area contributed by atoms with E-state index in [1.54, 1.807) is 29.9 Å². The second-order valence-electron chi connectivity index (χ2n) is 7.50. The summed E-state index contributed by atoms with van der Waals surface area (Å²) in [7, 11) is 4.96. The second kappa shape index (κ2) is 8.60. The van der Waals surface area contributed by atoms with Gasteiger partial charge in [0.05, 0.1) is 18.3 Å². The molecule has 1 saturated heterocycles. The molecule has 0 radical (unpaired) electrons. The maximum atomic E-state index is 12.9. The minimum absolute atomic E-state index is 0.00796. The molecule has 1 fully saturated rings. The fraction of sp³-hybridized carbons (Fsp3) is 0.611. The Morgan fingerprint density at radius 1 is 1.31 bits per heavy atom. The van der Waals surface area contributed by atoms with Crippen LogP contribution in [0, 0.1) is 5.92 Å². The van der Waals surface area contributed by atoms with E-state index in [9.17, 15) is 14.4 Å². The molecule has 0 aliphatic carbocycles. The van der Waals surface area contributed by atoms with Gasteiger partial charge in [-0.3, -0.25) is 18.8 Å². The third kappa shape index (κ3) is 4.73. The monoisotopic (exact) mass is 405 g/mol. The first kappa shape index (κ1) is 20.8. The number of likely N-dealkylation sites (tertiary alicyclic amines) is 1. The van der Waals surface area contributed by atoms with E-state index in [-0.39, 0.29) is 42.1 Å². The van der Waals surface area contributed by atoms with E-state index >= 15 is 0 Å². The van der Waals surface area contributed by atoms with E-state index in [2.05, 4.69) is 15.5 Å². The van der Waals surface area contributed by atoms with Gasteiger partial charge in [0.1, 0.15) is 12.9 Å². The van der Waals surface area contributed by atoms with E-state index in [1.807, 2.05) is 20.2 Å². The Bertz CT molecular complexity index is 931. The molecule has 2 aromatic rings. The minimum atomic E-state index is -0.365. The third-order valence-corrected chi connectivity index (χ3v) is 5.13. The molecule has 1 unspecified atom stereocenters. The molecule has 1 N–H and O–H groups in total. The van der Waals surface area contributed by atoms with Crippen LogP contribution < -0.4 is 11.0 Å². The number of nitrogens with zero attached hydrogens (tertiary/aromatic N) is 6. The van der Waals surface area contributed by atoms with Gasteiger partial charge in [0.25, 0.3) is 0 Å². The number of methoxy groups -OCH3 is 1. The van der Waals surface area contributed by atoms with Crippen molar-refractivity contribution in [3.05, 3.63) is 34.8 Å². The number of aryl methyl sites for hydroxylation is 2. The number of carbonyl (C=O) groups is 2. The summed E-state index contributed by atoms with van der Waals surface area (Å²) >= 11 is 0. The summed E-state index contributed by atoms with van der Waals surface area (Å²) in [5.74, 6) is -0.553. The molecular weight excluding hydrogens is 378 g/mol. The molecule has 3 atom stereocenters. The number of aromatic nitrogens is 5. The van der Waals surface area contributed by atoms with Crippen LogP contribution in [-0.4, -0.2) is 73.2 Å². The lowest BCUT2D eigenvalue weighted by Gasteiger charge is -2.20. The fourth-order valence-electron chi connectivity index (χ4n) is 3.58. The molecule has 0 aromatic carbocycles. The zero-order valence-corrected chi connectivity index (χ0v) is 17.1. The van der Waals surface area contributed by atoms with Crippen LogP contribution in [0.25, 0.3) is 0 Å². The zero-order valence-electron chi connectivity index (χ0n) is 17.1. The van der Waals surface area contributed by atoms with Crippen molar-refractivity contribution in [3.63, 3.8) is 0 Å². The van der Waals surface area contributed by atoms with E-state index in [0.717, 1.165) is 10.2 Å². The first-order chi connectivity index (χ1) is 13.8. The first-order valence-corrected chi connectivity index (χ1v) is 9.45. The van der Waals surface area contributed by atoms with Crippen LogP contribution in [0.2, 0.25) is 0 Å². The van der Waals surface area contributed by atoms with Gasteiger partial charge in [-0.25, -0.2) is 9.48 Å². The van der Waals surface area contributed by atoms with Gasteiger partial charge in [-0.15, -0.1) is 0 Å². The summed E-state index contributed by atoms with van der Waals surface area (Å²) in [6.45, 7) is 2.47. The first-order valence-electron chi connectivity index (χ1n) is 9.45. The van der Waals surface area contributed by atoms with Gasteiger partial charge in [-0.05, 0) is 12.0 Å². The topological polar surface area (TPSA) is 116 Å². The van der Waals surface area contributed by atoms with Gasteiger partial charge in [0.2, 0.25) is 11.8 Å². The normalized spacial score (nSPS) is 20.1. The molecule has 2 aromatic heterocycles. The number of hydrogen-bond acceptors (Lipinski definition) is 6. The van der Waals surface area contributed by atoms with Crippen molar-refractivity contribution in [1.82, 2.24) is 34.3 Å². The van der Waals surface area contributed by atoms with Gasteiger partial charge in [0.15, 0.2) is 0 Å². The van der Waals surface area contributed by atoms with E-state index < -0.39 is 0 Å². The molecule has 2 amide bonds. The Morgan fingerprint density at radius 3 is 2.66 bits per heavy atom. The van der Waals surface area contributed by atoms with Gasteiger partial charge in [0, 0.05) is 46.4 Å². The third-order valence-electron chi connectivity index (χ3n) is 5.13. The van der Waals surface area contributed by atoms with E-state index in [1.165, 1.54) is 10.9 Å². The Balaban J connectivity index is 1.58. The van der Waals surface area contributed by atoms with Crippen molar-refractivity contribution >= 4 is 11.8 Å². The summed E-state index contributed by atoms with van der Waals surface area (Å²) in [6, 6.07) is -0.346. The molecular formula is C18H27N7O4. The maximum absolute atomic E-state index is 12.9. The Hall–Kier alpha value is -2.95. The molecule has 158 valence electrons. The maximum Gasteiger partial charge on any atom is 0.345 e. The molecule has 29 heavy (non-hydrogen) atoms. The van der Waals surface area contributed by atoms with Crippen LogP contribution in [0.3, 0.4) is 0 Å². The van der Waals surface area contributed by atoms with Crippen LogP contribution in [-0.2, 0) is 41.4 Å². The second-order valence-corrected chi connectivity index (χ2v) is 7.50. The van der Waals surface area contributed by atoms with Gasteiger partial charge < -0.3 is 15.0 Å². The van der Waals surface area contributed by atoms with Crippen LogP contribution in [0.5, 0.6) is 0 Å². The van der Waals surface area contributed by atoms with Gasteiger partial charge in [-0.2, -0.15) is 10.2 Å². The molecule has 1 aliphatic heterocycles. The van der Waals surface area contributed by atoms with E-state index in [0.29, 0.717) is 19.5 Å². The van der Waals surface area contributed by atoms with Crippen molar-refractivity contribution in [2.75, 3.05) is 20.2 Å². The Morgan fingerprint density at radius 2 is 2.07 bits per heavy atom. The molecule has 1 aliphatic rings. The Kier molecular flexibility index (Phi) is 6.16. The molecule has 11 nitrogen and oxygen atoms in total. The van der Waals surface area contributed by atoms with E-state index in [4.69, 9.17) is 4.74 Å². The number of rotatable bonds is 7. The lowest BCUT2D eigenvalue weighted by Crippen LogP contribution is -2.46. The molecule has 3 heterocycles. The SMILES string of the molecule is CO[C@@H]1CN(C(=O)C(C)Cc2cnn(C)c2)C[C@H]1NC(=O)Cn1ncn(C)c1=O. The quantitative estimate of drug-likeness (QED) is 0.602. The van der Waals surface area contributed by atoms with Crippen LogP contribution >= 0.6 is 0 Å². The number of ether oxygens (including phenoxy) is 1. The standard InChI is InChI=1S/C18H27N7O4/c1-12(5-13-6-19-23(3)7-13)17(27)24-8-14(15(9-24)29-4)21-16(26)10-25-18(28)22(2)11-20-25/h6-7,11-12,14-15H,5,8-10H2,1-4H3,(H,21,26)/t12?,14-,15-/m1/s1. The molecule has 0 bridgehead atoms. The van der Waals surface area contributed by atoms with Crippen molar-refractivity contribution in [2.24, 2.45) is 20.0 Å². The van der Waals surface area contributed by atoms with Crippen molar-refractivity contribution in [1.29, 1.82) is 0 Å². The summed E-state index contributed by atoms with van der Waals surface area (Å²) in [5.41, 5.74) is 0.636. The highest BCUT2D eigenvalue weighted by Gasteiger charge is 2.37. The molecule has 0 spiro atoms. The van der Waals surface area contributed by atoms with Crippen molar-refractivity contribution in [3.8, 4) is 0 Å². The summed E-state index contributed by atoms with van der Waals surface area (Å²) < 4.78 is 9.57. The van der Waals surface area contributed by atoms with Crippen LogP contribution in [0.4, 0.5) is 0 Å². The molecule has 0 saturated carbocycles. The largest absolute Gasteiger partial charge is 0.377 e. The Labute approximate surface area is 168 Å². The van der Waals surface area contributed by atoms with Crippen LogP contribution in [0.1, 0.15) is 12.5 Å². The predicted octanol–water partition coefficient (Wildman–Crippen LogP) is -1.46. The smallest absolute Gasteiger partial charge is 0.345 e. The molecule has 3 rings (SSSR count). The number of nitrogens with one attached hydrogen (secondary N) is 1. The van der Waals surface area contributed by atoms with Crippen molar-refractivity contribution < 1.29 is 14.3 Å². The summed E-state index contributed by atoms with van der Waals surface area (Å²) in [5, 5.41) is 10.9. The fourth-order valence-corrected chi connectivity index (χ4v) is 3.58. The van der Waals surface area contributed by atoms with Gasteiger partial charge >= 0.3 is 5.69 Å². The average Bonchev–Trinajstić information content (AvgIpc) is 3.36. The lowest BCUT2D eigenvalue weighted by atomic mass is 10.0. The highest BCUT2D eigenvalue weighted by atomic mass is 16.5. The number of hydrogen-bond donors (Lipinski definition) is 1. The van der Waals surface area contributed by atoms with Gasteiger partial charge in [-0.1, -0.05) is 6.92 Å². The van der Waals surface area contributed by atoms with Crippen LogP contribution in [0.15, 0.2) is 23.5 Å². The number of amides is 2. The highest BCUT2D eigenvalue weighted by Crippen LogP contribution is 2.18. The highest BCUT2D eigenvalue weighted by molar-refractivity contribution is 5.80. The summed E-state index contributed by atoms with van der Waals surface area (Å²) in [6.07, 6.45) is 5.30. The number of carbonyl (C=O) groups excluding carboxylic acids is 2. The minimum Gasteiger partial charge on any atom is -0.377 e. The zero-order chi connectivity index (χ0) is 21.1. The molecule has 11 heteroatoms.